The topological polar surface area (TPSA) is 70.6 Å². The van der Waals surface area contributed by atoms with Gasteiger partial charge in [0.05, 0.1) is 12.7 Å². The minimum absolute atomic E-state index is 0.134. The van der Waals surface area contributed by atoms with Crippen molar-refractivity contribution in [2.45, 2.75) is 19.4 Å². The van der Waals surface area contributed by atoms with E-state index >= 15 is 0 Å². The van der Waals surface area contributed by atoms with Gasteiger partial charge in [0.1, 0.15) is 5.82 Å². The van der Waals surface area contributed by atoms with Crippen LogP contribution in [0.5, 0.6) is 0 Å². The Morgan fingerprint density at radius 1 is 1.45 bits per heavy atom. The molecule has 6 heteroatoms. The molecule has 1 aromatic rings. The van der Waals surface area contributed by atoms with Gasteiger partial charge in [0.2, 0.25) is 0 Å². The molecule has 0 aliphatic carbocycles. The average molecular weight is 284 g/mol. The molecule has 5 nitrogen and oxygen atoms in total. The van der Waals surface area contributed by atoms with Crippen molar-refractivity contribution >= 4 is 6.03 Å². The largest absolute Gasteiger partial charge is 0.389 e. The van der Waals surface area contributed by atoms with E-state index in [1.807, 2.05) is 6.92 Å². The van der Waals surface area contributed by atoms with Crippen molar-refractivity contribution in [2.24, 2.45) is 0 Å². The minimum atomic E-state index is -0.718. The van der Waals surface area contributed by atoms with Gasteiger partial charge in [0.25, 0.3) is 0 Å². The van der Waals surface area contributed by atoms with Crippen molar-refractivity contribution < 1.29 is 19.0 Å². The van der Waals surface area contributed by atoms with Crippen LogP contribution in [-0.2, 0) is 11.2 Å². The Labute approximate surface area is 118 Å². The Bertz CT molecular complexity index is 440. The molecule has 0 fully saturated rings. The first-order chi connectivity index (χ1) is 9.52. The number of rotatable bonds is 7. The highest BCUT2D eigenvalue weighted by Gasteiger charge is 2.06. The van der Waals surface area contributed by atoms with E-state index in [0.29, 0.717) is 13.0 Å². The van der Waals surface area contributed by atoms with Gasteiger partial charge >= 0.3 is 6.03 Å². The van der Waals surface area contributed by atoms with Gasteiger partial charge < -0.3 is 20.5 Å². The SMILES string of the molecule is COCC(O)CNC(=O)NCCc1ccc(F)cc1C. The molecule has 1 atom stereocenters. The summed E-state index contributed by atoms with van der Waals surface area (Å²) in [5.41, 5.74) is 1.86. The maximum atomic E-state index is 12.9. The van der Waals surface area contributed by atoms with Gasteiger partial charge in [-0.25, -0.2) is 9.18 Å². The third kappa shape index (κ3) is 5.99. The van der Waals surface area contributed by atoms with Crippen LogP contribution in [0, 0.1) is 12.7 Å². The standard InChI is InChI=1S/C14H21FN2O3/c1-10-7-12(15)4-3-11(10)5-6-16-14(19)17-8-13(18)9-20-2/h3-4,7,13,18H,5-6,8-9H2,1-2H3,(H2,16,17,19). The molecule has 0 aliphatic heterocycles. The fourth-order valence-electron chi connectivity index (χ4n) is 1.77. The number of amides is 2. The maximum absolute atomic E-state index is 12.9. The molecular formula is C14H21FN2O3. The third-order valence-electron chi connectivity index (χ3n) is 2.84. The van der Waals surface area contributed by atoms with Gasteiger partial charge in [-0.1, -0.05) is 6.07 Å². The summed E-state index contributed by atoms with van der Waals surface area (Å²) in [6, 6.07) is 4.24. The van der Waals surface area contributed by atoms with Crippen LogP contribution in [0.4, 0.5) is 9.18 Å². The highest BCUT2D eigenvalue weighted by Crippen LogP contribution is 2.10. The number of urea groups is 1. The van der Waals surface area contributed by atoms with E-state index in [1.54, 1.807) is 6.07 Å². The van der Waals surface area contributed by atoms with Crippen LogP contribution in [0.25, 0.3) is 0 Å². The van der Waals surface area contributed by atoms with Gasteiger partial charge in [-0.15, -0.1) is 0 Å². The molecule has 0 saturated heterocycles. The number of nitrogens with one attached hydrogen (secondary N) is 2. The molecule has 1 unspecified atom stereocenters. The molecule has 1 rings (SSSR count). The van der Waals surface area contributed by atoms with Gasteiger partial charge in [0.15, 0.2) is 0 Å². The van der Waals surface area contributed by atoms with Gasteiger partial charge in [0, 0.05) is 20.2 Å². The average Bonchev–Trinajstić information content (AvgIpc) is 2.39. The van der Waals surface area contributed by atoms with E-state index in [4.69, 9.17) is 4.74 Å². The summed E-state index contributed by atoms with van der Waals surface area (Å²) in [6.07, 6.45) is -0.0923. The van der Waals surface area contributed by atoms with Crippen molar-refractivity contribution in [1.29, 1.82) is 0 Å². The molecule has 0 bridgehead atoms. The molecule has 0 radical (unpaired) electrons. The van der Waals surface area contributed by atoms with E-state index < -0.39 is 6.10 Å². The number of hydrogen-bond acceptors (Lipinski definition) is 3. The second-order valence-corrected chi connectivity index (χ2v) is 4.57. The summed E-state index contributed by atoms with van der Waals surface area (Å²) in [5.74, 6) is -0.260. The van der Waals surface area contributed by atoms with E-state index in [2.05, 4.69) is 10.6 Å². The Hall–Kier alpha value is -1.66. The van der Waals surface area contributed by atoms with Crippen molar-refractivity contribution in [1.82, 2.24) is 10.6 Å². The highest BCUT2D eigenvalue weighted by molar-refractivity contribution is 5.73. The molecule has 20 heavy (non-hydrogen) atoms. The first kappa shape index (κ1) is 16.4. The zero-order valence-electron chi connectivity index (χ0n) is 11.8. The summed E-state index contributed by atoms with van der Waals surface area (Å²) < 4.78 is 17.7. The minimum Gasteiger partial charge on any atom is -0.389 e. The quantitative estimate of drug-likeness (QED) is 0.699. The number of halogens is 1. The van der Waals surface area contributed by atoms with Crippen LogP contribution < -0.4 is 10.6 Å². The van der Waals surface area contributed by atoms with Crippen molar-refractivity contribution in [3.05, 3.63) is 35.1 Å². The van der Waals surface area contributed by atoms with Crippen LogP contribution in [0.2, 0.25) is 0 Å². The highest BCUT2D eigenvalue weighted by atomic mass is 19.1. The van der Waals surface area contributed by atoms with E-state index in [9.17, 15) is 14.3 Å². The van der Waals surface area contributed by atoms with E-state index in [1.165, 1.54) is 19.2 Å². The lowest BCUT2D eigenvalue weighted by atomic mass is 10.1. The molecule has 1 aromatic carbocycles. The maximum Gasteiger partial charge on any atom is 0.314 e. The smallest absolute Gasteiger partial charge is 0.314 e. The van der Waals surface area contributed by atoms with Gasteiger partial charge in [-0.2, -0.15) is 0 Å². The molecule has 0 heterocycles. The van der Waals surface area contributed by atoms with Crippen molar-refractivity contribution in [3.63, 3.8) is 0 Å². The fraction of sp³-hybridized carbons (Fsp3) is 0.500. The second kappa shape index (κ2) is 8.50. The van der Waals surface area contributed by atoms with Gasteiger partial charge in [-0.05, 0) is 36.6 Å². The lowest BCUT2D eigenvalue weighted by molar-refractivity contribution is 0.0660. The molecule has 112 valence electrons. The summed E-state index contributed by atoms with van der Waals surface area (Å²) >= 11 is 0. The van der Waals surface area contributed by atoms with E-state index in [-0.39, 0.29) is 25.0 Å². The fourth-order valence-corrected chi connectivity index (χ4v) is 1.77. The first-order valence-electron chi connectivity index (χ1n) is 6.46. The molecular weight excluding hydrogens is 263 g/mol. The summed E-state index contributed by atoms with van der Waals surface area (Å²) in [6.45, 7) is 2.59. The van der Waals surface area contributed by atoms with Gasteiger partial charge in [-0.3, -0.25) is 0 Å². The van der Waals surface area contributed by atoms with Crippen LogP contribution in [-0.4, -0.2) is 44.0 Å². The number of ether oxygens (including phenoxy) is 1. The van der Waals surface area contributed by atoms with Crippen LogP contribution in [0.1, 0.15) is 11.1 Å². The normalized spacial score (nSPS) is 12.0. The number of hydrogen-bond donors (Lipinski definition) is 3. The molecule has 3 N–H and O–H groups in total. The number of carbonyl (C=O) groups excluding carboxylic acids is 1. The number of methoxy groups -OCH3 is 1. The number of aliphatic hydroxyl groups excluding tert-OH is 1. The number of carbonyl (C=O) groups is 1. The van der Waals surface area contributed by atoms with Crippen LogP contribution >= 0.6 is 0 Å². The Kier molecular flexibility index (Phi) is 6.97. The van der Waals surface area contributed by atoms with Crippen molar-refractivity contribution in [2.75, 3.05) is 26.8 Å². The Morgan fingerprint density at radius 2 is 2.20 bits per heavy atom. The van der Waals surface area contributed by atoms with Crippen LogP contribution in [0.15, 0.2) is 18.2 Å². The van der Waals surface area contributed by atoms with Crippen molar-refractivity contribution in [3.8, 4) is 0 Å². The zero-order valence-corrected chi connectivity index (χ0v) is 11.8. The molecule has 0 aromatic heterocycles. The predicted molar refractivity (Wildman–Crippen MR) is 74.1 cm³/mol. The Balaban J connectivity index is 2.24. The predicted octanol–water partition coefficient (Wildman–Crippen LogP) is 0.983. The Morgan fingerprint density at radius 3 is 2.85 bits per heavy atom. The van der Waals surface area contributed by atoms with E-state index in [0.717, 1.165) is 11.1 Å². The molecule has 0 spiro atoms. The molecule has 2 amide bonds. The zero-order chi connectivity index (χ0) is 15.0. The summed E-state index contributed by atoms with van der Waals surface area (Å²) in [7, 11) is 1.48. The molecule has 0 saturated carbocycles. The first-order valence-corrected chi connectivity index (χ1v) is 6.46. The van der Waals surface area contributed by atoms with Crippen LogP contribution in [0.3, 0.4) is 0 Å². The monoisotopic (exact) mass is 284 g/mol. The summed E-state index contributed by atoms with van der Waals surface area (Å²) in [4.78, 5) is 11.4. The number of aryl methyl sites for hydroxylation is 1. The number of benzene rings is 1. The lowest BCUT2D eigenvalue weighted by Gasteiger charge is -2.12. The summed E-state index contributed by atoms with van der Waals surface area (Å²) in [5, 5.41) is 14.6. The number of aliphatic hydroxyl groups is 1. The molecule has 0 aliphatic rings. The second-order valence-electron chi connectivity index (χ2n) is 4.57. The lowest BCUT2D eigenvalue weighted by Crippen LogP contribution is -2.41. The third-order valence-corrected chi connectivity index (χ3v) is 2.84.